The largest absolute Gasteiger partial charge is 0.469 e. The molecule has 0 radical (unpaired) electrons. The molecule has 1 N–H and O–H groups in total. The van der Waals surface area contributed by atoms with Crippen LogP contribution in [-0.4, -0.2) is 26.2 Å². The topological polar surface area (TPSA) is 38.3 Å². The van der Waals surface area contributed by atoms with Gasteiger partial charge < -0.3 is 10.1 Å². The zero-order chi connectivity index (χ0) is 9.97. The fourth-order valence-corrected chi connectivity index (χ4v) is 3.05. The number of hydrogen-bond acceptors (Lipinski definition) is 3. The van der Waals surface area contributed by atoms with Crippen molar-refractivity contribution in [3.05, 3.63) is 0 Å². The monoisotopic (exact) mass is 197 g/mol. The zero-order valence-electron chi connectivity index (χ0n) is 8.79. The van der Waals surface area contributed by atoms with Crippen LogP contribution in [0, 0.1) is 17.8 Å². The summed E-state index contributed by atoms with van der Waals surface area (Å²) in [4.78, 5) is 11.6. The van der Waals surface area contributed by atoms with Gasteiger partial charge in [0.2, 0.25) is 0 Å². The minimum Gasteiger partial charge on any atom is -0.469 e. The smallest absolute Gasteiger partial charge is 0.308 e. The van der Waals surface area contributed by atoms with E-state index >= 15 is 0 Å². The highest BCUT2D eigenvalue weighted by atomic mass is 16.5. The van der Waals surface area contributed by atoms with Crippen molar-refractivity contribution >= 4 is 5.97 Å². The van der Waals surface area contributed by atoms with E-state index in [-0.39, 0.29) is 11.9 Å². The second-order valence-corrected chi connectivity index (χ2v) is 4.48. The predicted molar refractivity (Wildman–Crippen MR) is 53.8 cm³/mol. The lowest BCUT2D eigenvalue weighted by molar-refractivity contribution is -0.150. The van der Waals surface area contributed by atoms with Crippen LogP contribution in [0.25, 0.3) is 0 Å². The summed E-state index contributed by atoms with van der Waals surface area (Å²) in [6.07, 6.45) is 4.64. The summed E-state index contributed by atoms with van der Waals surface area (Å²) >= 11 is 0. The molecule has 0 aromatic heterocycles. The number of carbonyl (C=O) groups is 1. The molecule has 0 amide bonds. The maximum atomic E-state index is 11.6. The minimum atomic E-state index is 0.0154. The van der Waals surface area contributed by atoms with Gasteiger partial charge in [-0.2, -0.15) is 0 Å². The lowest BCUT2D eigenvalue weighted by Gasteiger charge is -2.40. The molecule has 80 valence electrons. The number of nitrogens with one attached hydrogen (secondary N) is 1. The summed E-state index contributed by atoms with van der Waals surface area (Å²) in [7, 11) is 1.51. The third-order valence-corrected chi connectivity index (χ3v) is 3.78. The molecule has 2 rings (SSSR count). The van der Waals surface area contributed by atoms with Crippen LogP contribution in [0.3, 0.4) is 0 Å². The average molecular weight is 197 g/mol. The molecule has 3 heteroatoms. The summed E-state index contributed by atoms with van der Waals surface area (Å²) in [6.45, 7) is 2.16. The Balaban J connectivity index is 2.04. The van der Waals surface area contributed by atoms with E-state index in [0.717, 1.165) is 25.9 Å². The van der Waals surface area contributed by atoms with E-state index in [1.807, 2.05) is 0 Å². The van der Waals surface area contributed by atoms with Crippen LogP contribution in [-0.2, 0) is 9.53 Å². The minimum absolute atomic E-state index is 0.0154. The highest BCUT2D eigenvalue weighted by Crippen LogP contribution is 2.38. The fourth-order valence-electron chi connectivity index (χ4n) is 3.05. The Morgan fingerprint density at radius 2 is 2.21 bits per heavy atom. The summed E-state index contributed by atoms with van der Waals surface area (Å²) in [5, 5.41) is 3.41. The molecule has 1 saturated carbocycles. The van der Waals surface area contributed by atoms with Crippen LogP contribution < -0.4 is 5.32 Å². The Morgan fingerprint density at radius 3 is 3.00 bits per heavy atom. The molecule has 0 aromatic carbocycles. The van der Waals surface area contributed by atoms with E-state index < -0.39 is 0 Å². The third-order valence-electron chi connectivity index (χ3n) is 3.78. The number of fused-ring (bicyclic) bond motifs is 1. The molecule has 1 aliphatic carbocycles. The molecule has 0 spiro atoms. The summed E-state index contributed by atoms with van der Waals surface area (Å²) in [6, 6.07) is 0. The average Bonchev–Trinajstić information content (AvgIpc) is 2.27. The Kier molecular flexibility index (Phi) is 3.06. The molecule has 2 aliphatic rings. The molecule has 0 unspecified atom stereocenters. The fraction of sp³-hybridized carbons (Fsp3) is 0.909. The van der Waals surface area contributed by atoms with Crippen molar-refractivity contribution in [2.75, 3.05) is 20.2 Å². The van der Waals surface area contributed by atoms with Crippen molar-refractivity contribution < 1.29 is 9.53 Å². The Morgan fingerprint density at radius 1 is 1.36 bits per heavy atom. The van der Waals surface area contributed by atoms with Gasteiger partial charge in [0, 0.05) is 0 Å². The van der Waals surface area contributed by atoms with Gasteiger partial charge in [0.15, 0.2) is 0 Å². The predicted octanol–water partition coefficient (Wildman–Crippen LogP) is 1.19. The van der Waals surface area contributed by atoms with Crippen molar-refractivity contribution in [2.45, 2.75) is 25.7 Å². The molecule has 1 aliphatic heterocycles. The first-order valence-corrected chi connectivity index (χ1v) is 5.61. The first-order valence-electron chi connectivity index (χ1n) is 5.61. The van der Waals surface area contributed by atoms with Crippen molar-refractivity contribution in [3.63, 3.8) is 0 Å². The molecular weight excluding hydrogens is 178 g/mol. The second-order valence-electron chi connectivity index (χ2n) is 4.48. The number of esters is 1. The number of piperidine rings is 1. The molecule has 1 heterocycles. The van der Waals surface area contributed by atoms with E-state index in [2.05, 4.69) is 5.32 Å². The van der Waals surface area contributed by atoms with Gasteiger partial charge in [-0.15, -0.1) is 0 Å². The van der Waals surface area contributed by atoms with Crippen molar-refractivity contribution in [3.8, 4) is 0 Å². The van der Waals surface area contributed by atoms with E-state index in [4.69, 9.17) is 4.74 Å². The molecule has 14 heavy (non-hydrogen) atoms. The summed E-state index contributed by atoms with van der Waals surface area (Å²) < 4.78 is 4.88. The molecule has 3 atom stereocenters. The Hall–Kier alpha value is -0.570. The molecule has 0 aromatic rings. The van der Waals surface area contributed by atoms with Crippen LogP contribution >= 0.6 is 0 Å². The number of hydrogen-bond donors (Lipinski definition) is 1. The highest BCUT2D eigenvalue weighted by molar-refractivity contribution is 5.72. The van der Waals surface area contributed by atoms with E-state index in [9.17, 15) is 4.79 Å². The van der Waals surface area contributed by atoms with Gasteiger partial charge in [-0.3, -0.25) is 4.79 Å². The normalized spacial score (nSPS) is 37.4. The van der Waals surface area contributed by atoms with Crippen LogP contribution in [0.5, 0.6) is 0 Å². The van der Waals surface area contributed by atoms with Crippen LogP contribution in [0.4, 0.5) is 0 Å². The number of rotatable bonds is 1. The summed E-state index contributed by atoms with van der Waals surface area (Å²) in [5.74, 6) is 1.49. The molecule has 0 bridgehead atoms. The van der Waals surface area contributed by atoms with E-state index in [1.54, 1.807) is 0 Å². The zero-order valence-corrected chi connectivity index (χ0v) is 8.79. The lowest BCUT2D eigenvalue weighted by atomic mass is 9.69. The first kappa shape index (κ1) is 9.97. The number of methoxy groups -OCH3 is 1. The van der Waals surface area contributed by atoms with Crippen LogP contribution in [0.15, 0.2) is 0 Å². The highest BCUT2D eigenvalue weighted by Gasteiger charge is 2.38. The van der Waals surface area contributed by atoms with E-state index in [1.165, 1.54) is 20.0 Å². The van der Waals surface area contributed by atoms with E-state index in [0.29, 0.717) is 11.8 Å². The second kappa shape index (κ2) is 4.30. The number of ether oxygens (including phenoxy) is 1. The van der Waals surface area contributed by atoms with Gasteiger partial charge in [0.05, 0.1) is 13.0 Å². The van der Waals surface area contributed by atoms with Crippen molar-refractivity contribution in [1.82, 2.24) is 5.32 Å². The number of carbonyl (C=O) groups excluding carboxylic acids is 1. The quantitative estimate of drug-likeness (QED) is 0.642. The first-order chi connectivity index (χ1) is 6.83. The van der Waals surface area contributed by atoms with Gasteiger partial charge in [0.1, 0.15) is 0 Å². The van der Waals surface area contributed by atoms with Gasteiger partial charge in [-0.05, 0) is 44.2 Å². The lowest BCUT2D eigenvalue weighted by Crippen LogP contribution is -2.44. The van der Waals surface area contributed by atoms with Gasteiger partial charge in [-0.1, -0.05) is 6.42 Å². The molecule has 1 saturated heterocycles. The SMILES string of the molecule is COC(=O)[C@@H]1CCC[C@@H]2CNCC[C@@H]21. The summed E-state index contributed by atoms with van der Waals surface area (Å²) in [5.41, 5.74) is 0. The van der Waals surface area contributed by atoms with Gasteiger partial charge >= 0.3 is 5.97 Å². The van der Waals surface area contributed by atoms with Crippen molar-refractivity contribution in [1.29, 1.82) is 0 Å². The molecule has 2 fully saturated rings. The maximum absolute atomic E-state index is 11.6. The maximum Gasteiger partial charge on any atom is 0.308 e. The van der Waals surface area contributed by atoms with Gasteiger partial charge in [0.25, 0.3) is 0 Å². The molecular formula is C11H19NO2. The van der Waals surface area contributed by atoms with Crippen molar-refractivity contribution in [2.24, 2.45) is 17.8 Å². The Bertz CT molecular complexity index is 215. The van der Waals surface area contributed by atoms with Crippen LogP contribution in [0.2, 0.25) is 0 Å². The Labute approximate surface area is 85.2 Å². The standard InChI is InChI=1S/C11H19NO2/c1-14-11(13)10-4-2-3-8-7-12-6-5-9(8)10/h8-10,12H,2-7H2,1H3/t8-,9+,10-/m1/s1. The van der Waals surface area contributed by atoms with Gasteiger partial charge in [-0.25, -0.2) is 0 Å². The van der Waals surface area contributed by atoms with Crippen LogP contribution in [0.1, 0.15) is 25.7 Å². The third kappa shape index (κ3) is 1.78. The molecule has 3 nitrogen and oxygen atoms in total.